The Morgan fingerprint density at radius 2 is 2.00 bits per heavy atom. The third kappa shape index (κ3) is 3.89. The Hall–Kier alpha value is -2.79. The lowest BCUT2D eigenvalue weighted by Gasteiger charge is -2.22. The van der Waals surface area contributed by atoms with Crippen molar-refractivity contribution >= 4 is 11.5 Å². The minimum Gasteiger partial charge on any atom is -0.340 e. The molecular formula is C21H23N5. The molecular weight excluding hydrogens is 322 g/mol. The van der Waals surface area contributed by atoms with Gasteiger partial charge >= 0.3 is 0 Å². The van der Waals surface area contributed by atoms with Crippen molar-refractivity contribution in [2.75, 3.05) is 18.4 Å². The Morgan fingerprint density at radius 1 is 1.12 bits per heavy atom. The van der Waals surface area contributed by atoms with Gasteiger partial charge in [-0.3, -0.25) is 4.98 Å². The van der Waals surface area contributed by atoms with Crippen molar-refractivity contribution < 1.29 is 0 Å². The van der Waals surface area contributed by atoms with Crippen LogP contribution in [0.15, 0.2) is 54.9 Å². The number of hydrogen-bond acceptors (Lipinski definition) is 5. The van der Waals surface area contributed by atoms with Gasteiger partial charge in [0.25, 0.3) is 0 Å². The number of nitrogens with zero attached hydrogens (tertiary/aromatic N) is 3. The van der Waals surface area contributed by atoms with E-state index in [1.54, 1.807) is 6.20 Å². The number of aromatic nitrogens is 3. The Morgan fingerprint density at radius 3 is 2.73 bits per heavy atom. The van der Waals surface area contributed by atoms with Gasteiger partial charge in [-0.2, -0.15) is 0 Å². The van der Waals surface area contributed by atoms with Crippen molar-refractivity contribution in [2.45, 2.75) is 25.7 Å². The summed E-state index contributed by atoms with van der Waals surface area (Å²) in [5.41, 5.74) is 4.18. The second-order valence-corrected chi connectivity index (χ2v) is 6.77. The van der Waals surface area contributed by atoms with Crippen molar-refractivity contribution in [1.29, 1.82) is 0 Å². The second-order valence-electron chi connectivity index (χ2n) is 6.77. The summed E-state index contributed by atoms with van der Waals surface area (Å²) in [6.07, 6.45) is 5.91. The van der Waals surface area contributed by atoms with E-state index in [-0.39, 0.29) is 0 Å². The smallest absolute Gasteiger partial charge is 0.135 e. The van der Waals surface area contributed by atoms with Gasteiger partial charge in [-0.1, -0.05) is 17.7 Å². The van der Waals surface area contributed by atoms with Gasteiger partial charge in [0, 0.05) is 42.2 Å². The summed E-state index contributed by atoms with van der Waals surface area (Å²) >= 11 is 0. The van der Waals surface area contributed by atoms with Gasteiger partial charge in [0.1, 0.15) is 11.6 Å². The van der Waals surface area contributed by atoms with E-state index in [2.05, 4.69) is 46.8 Å². The van der Waals surface area contributed by atoms with E-state index in [1.807, 2.05) is 24.4 Å². The maximum absolute atomic E-state index is 4.85. The number of aryl methyl sites for hydroxylation is 1. The Kier molecular flexibility index (Phi) is 4.88. The number of anilines is 2. The van der Waals surface area contributed by atoms with Crippen LogP contribution in [0, 0.1) is 6.92 Å². The van der Waals surface area contributed by atoms with E-state index >= 15 is 0 Å². The van der Waals surface area contributed by atoms with Crippen molar-refractivity contribution in [3.63, 3.8) is 0 Å². The maximum atomic E-state index is 4.85. The van der Waals surface area contributed by atoms with E-state index in [4.69, 9.17) is 9.97 Å². The fourth-order valence-electron chi connectivity index (χ4n) is 3.23. The molecule has 0 radical (unpaired) electrons. The molecule has 0 aliphatic carbocycles. The standard InChI is InChI=1S/C21H23N5/c1-15-6-8-18(9-7-15)24-20-12-19(16-4-2-10-22-13-16)25-21(26-20)17-5-3-11-23-14-17/h2,4,6-10,12-13,17,23H,3,5,11,14H2,1H3,(H,24,25,26). The number of nitrogens with one attached hydrogen (secondary N) is 2. The number of piperidine rings is 1. The van der Waals surface area contributed by atoms with Crippen molar-refractivity contribution in [2.24, 2.45) is 0 Å². The van der Waals surface area contributed by atoms with Crippen LogP contribution < -0.4 is 10.6 Å². The summed E-state index contributed by atoms with van der Waals surface area (Å²) in [5.74, 6) is 2.07. The Labute approximate surface area is 153 Å². The Bertz CT molecular complexity index is 855. The fraction of sp³-hybridized carbons (Fsp3) is 0.286. The molecule has 1 aromatic carbocycles. The zero-order valence-electron chi connectivity index (χ0n) is 14.9. The lowest BCUT2D eigenvalue weighted by Crippen LogP contribution is -2.29. The summed E-state index contributed by atoms with van der Waals surface area (Å²) in [5, 5.41) is 6.88. The summed E-state index contributed by atoms with van der Waals surface area (Å²) in [6, 6.07) is 14.3. The van der Waals surface area contributed by atoms with Crippen LogP contribution in [0.5, 0.6) is 0 Å². The molecule has 2 N–H and O–H groups in total. The van der Waals surface area contributed by atoms with Gasteiger partial charge in [0.15, 0.2) is 0 Å². The molecule has 1 atom stereocenters. The van der Waals surface area contributed by atoms with Crippen LogP contribution in [-0.2, 0) is 0 Å². The minimum absolute atomic E-state index is 0.346. The van der Waals surface area contributed by atoms with Crippen LogP contribution in [0.2, 0.25) is 0 Å². The highest BCUT2D eigenvalue weighted by atomic mass is 15.0. The third-order valence-corrected chi connectivity index (χ3v) is 4.69. The van der Waals surface area contributed by atoms with Crippen LogP contribution >= 0.6 is 0 Å². The van der Waals surface area contributed by atoms with E-state index in [9.17, 15) is 0 Å². The molecule has 4 rings (SSSR count). The van der Waals surface area contributed by atoms with Gasteiger partial charge in [0.2, 0.25) is 0 Å². The van der Waals surface area contributed by atoms with Crippen LogP contribution in [0.25, 0.3) is 11.3 Å². The number of hydrogen-bond donors (Lipinski definition) is 2. The number of pyridine rings is 1. The molecule has 3 heterocycles. The first kappa shape index (κ1) is 16.7. The fourth-order valence-corrected chi connectivity index (χ4v) is 3.23. The quantitative estimate of drug-likeness (QED) is 0.747. The molecule has 1 aliphatic heterocycles. The summed E-state index contributed by atoms with van der Waals surface area (Å²) in [6.45, 7) is 4.09. The molecule has 5 heteroatoms. The lowest BCUT2D eigenvalue weighted by atomic mass is 9.98. The molecule has 3 aromatic rings. The minimum atomic E-state index is 0.346. The second kappa shape index (κ2) is 7.62. The molecule has 1 fully saturated rings. The SMILES string of the molecule is Cc1ccc(Nc2cc(-c3cccnc3)nc(C3CCCNC3)n2)cc1. The highest BCUT2D eigenvalue weighted by molar-refractivity contribution is 5.65. The van der Waals surface area contributed by atoms with E-state index in [0.717, 1.165) is 54.5 Å². The van der Waals surface area contributed by atoms with Gasteiger partial charge in [-0.15, -0.1) is 0 Å². The molecule has 0 amide bonds. The van der Waals surface area contributed by atoms with Crippen LogP contribution in [0.1, 0.15) is 30.1 Å². The molecule has 0 bridgehead atoms. The highest BCUT2D eigenvalue weighted by Gasteiger charge is 2.19. The highest BCUT2D eigenvalue weighted by Crippen LogP contribution is 2.27. The molecule has 0 saturated carbocycles. The first-order valence-electron chi connectivity index (χ1n) is 9.12. The van der Waals surface area contributed by atoms with Gasteiger partial charge in [0.05, 0.1) is 5.69 Å². The topological polar surface area (TPSA) is 62.7 Å². The first-order valence-corrected chi connectivity index (χ1v) is 9.12. The molecule has 132 valence electrons. The predicted molar refractivity (Wildman–Crippen MR) is 105 cm³/mol. The average Bonchev–Trinajstić information content (AvgIpc) is 2.71. The van der Waals surface area contributed by atoms with Crippen molar-refractivity contribution in [3.05, 3.63) is 66.2 Å². The molecule has 2 aromatic heterocycles. The summed E-state index contributed by atoms with van der Waals surface area (Å²) < 4.78 is 0. The van der Waals surface area contributed by atoms with Crippen LogP contribution in [0.3, 0.4) is 0 Å². The van der Waals surface area contributed by atoms with Crippen molar-refractivity contribution in [1.82, 2.24) is 20.3 Å². The molecule has 26 heavy (non-hydrogen) atoms. The van der Waals surface area contributed by atoms with E-state index < -0.39 is 0 Å². The summed E-state index contributed by atoms with van der Waals surface area (Å²) in [7, 11) is 0. The largest absolute Gasteiger partial charge is 0.340 e. The van der Waals surface area contributed by atoms with Crippen molar-refractivity contribution in [3.8, 4) is 11.3 Å². The first-order chi connectivity index (χ1) is 12.8. The van der Waals surface area contributed by atoms with Crippen LogP contribution in [-0.4, -0.2) is 28.0 Å². The zero-order chi connectivity index (χ0) is 17.8. The van der Waals surface area contributed by atoms with E-state index in [1.165, 1.54) is 5.56 Å². The van der Waals surface area contributed by atoms with Gasteiger partial charge < -0.3 is 10.6 Å². The molecule has 0 spiro atoms. The zero-order valence-corrected chi connectivity index (χ0v) is 14.9. The van der Waals surface area contributed by atoms with Crippen LogP contribution in [0.4, 0.5) is 11.5 Å². The maximum Gasteiger partial charge on any atom is 0.135 e. The molecule has 1 aliphatic rings. The van der Waals surface area contributed by atoms with E-state index in [0.29, 0.717) is 5.92 Å². The molecule has 5 nitrogen and oxygen atoms in total. The third-order valence-electron chi connectivity index (χ3n) is 4.69. The Balaban J connectivity index is 1.70. The number of benzene rings is 1. The molecule has 1 unspecified atom stereocenters. The van der Waals surface area contributed by atoms with Gasteiger partial charge in [-0.25, -0.2) is 9.97 Å². The molecule has 1 saturated heterocycles. The lowest BCUT2D eigenvalue weighted by molar-refractivity contribution is 0.447. The number of rotatable bonds is 4. The monoisotopic (exact) mass is 345 g/mol. The normalized spacial score (nSPS) is 17.0. The summed E-state index contributed by atoms with van der Waals surface area (Å²) in [4.78, 5) is 13.9. The predicted octanol–water partition coefficient (Wildman–Crippen LogP) is 4.06. The average molecular weight is 345 g/mol. The van der Waals surface area contributed by atoms with Gasteiger partial charge in [-0.05, 0) is 50.6 Å².